The maximum absolute atomic E-state index is 5.91. The largest absolute Gasteiger partial charge is 0.366 e. The minimum atomic E-state index is 0.192. The van der Waals surface area contributed by atoms with Crippen molar-refractivity contribution in [3.05, 3.63) is 29.3 Å². The van der Waals surface area contributed by atoms with Gasteiger partial charge in [0.1, 0.15) is 0 Å². The van der Waals surface area contributed by atoms with Crippen molar-refractivity contribution in [3.8, 4) is 0 Å². The lowest BCUT2D eigenvalue weighted by Gasteiger charge is -2.33. The highest BCUT2D eigenvalue weighted by Gasteiger charge is 2.37. The summed E-state index contributed by atoms with van der Waals surface area (Å²) in [6.07, 6.45) is 1.16. The van der Waals surface area contributed by atoms with E-state index in [9.17, 15) is 0 Å². The van der Waals surface area contributed by atoms with Crippen molar-refractivity contribution < 1.29 is 0 Å². The molecule has 1 aliphatic heterocycles. The van der Waals surface area contributed by atoms with Gasteiger partial charge < -0.3 is 10.6 Å². The fourth-order valence-electron chi connectivity index (χ4n) is 2.62. The van der Waals surface area contributed by atoms with Gasteiger partial charge in [0.25, 0.3) is 0 Å². The Labute approximate surface area is 102 Å². The fraction of sp³-hybridized carbons (Fsp3) is 0.538. The molecule has 2 N–H and O–H groups in total. The zero-order valence-corrected chi connectivity index (χ0v) is 10.7. The normalized spacial score (nSPS) is 23.8. The molecule has 0 radical (unpaired) electrons. The van der Waals surface area contributed by atoms with Crippen LogP contribution in [0.15, 0.2) is 24.3 Å². The minimum Gasteiger partial charge on any atom is -0.366 e. The van der Waals surface area contributed by atoms with Gasteiger partial charge in [0.2, 0.25) is 0 Å². The van der Waals surface area contributed by atoms with Crippen LogP contribution in [0.25, 0.3) is 0 Å². The predicted molar refractivity (Wildman–Crippen MR) is 70.0 cm³/mol. The van der Waals surface area contributed by atoms with Gasteiger partial charge in [0.15, 0.2) is 0 Å². The second-order valence-corrected chi connectivity index (χ2v) is 5.64. The van der Waals surface area contributed by atoms with Crippen molar-refractivity contribution in [3.63, 3.8) is 0 Å². The monoisotopic (exact) mass is 238 g/mol. The van der Waals surface area contributed by atoms with Gasteiger partial charge in [0.05, 0.1) is 0 Å². The van der Waals surface area contributed by atoms with Gasteiger partial charge in [-0.2, -0.15) is 0 Å². The van der Waals surface area contributed by atoms with E-state index < -0.39 is 0 Å². The molecule has 1 atom stereocenters. The number of hydrogen-bond donors (Lipinski definition) is 1. The third-order valence-corrected chi connectivity index (χ3v) is 3.68. The zero-order valence-electron chi connectivity index (χ0n) is 9.91. The van der Waals surface area contributed by atoms with Crippen LogP contribution in [0.1, 0.15) is 20.3 Å². The van der Waals surface area contributed by atoms with Crippen LogP contribution < -0.4 is 10.6 Å². The SMILES string of the molecule is CC1(C)CC(CN)CN1c1ccc(Cl)cc1. The molecule has 16 heavy (non-hydrogen) atoms. The highest BCUT2D eigenvalue weighted by molar-refractivity contribution is 6.30. The summed E-state index contributed by atoms with van der Waals surface area (Å²) in [5.74, 6) is 0.602. The molecule has 1 fully saturated rings. The summed E-state index contributed by atoms with van der Waals surface area (Å²) in [5, 5.41) is 0.788. The maximum Gasteiger partial charge on any atom is 0.0407 e. The molecule has 1 unspecified atom stereocenters. The highest BCUT2D eigenvalue weighted by atomic mass is 35.5. The second kappa shape index (κ2) is 4.27. The Morgan fingerprint density at radius 1 is 1.38 bits per heavy atom. The van der Waals surface area contributed by atoms with E-state index in [1.54, 1.807) is 0 Å². The Kier molecular flexibility index (Phi) is 3.13. The van der Waals surface area contributed by atoms with Crippen LogP contribution in [-0.2, 0) is 0 Å². The third kappa shape index (κ3) is 2.18. The Morgan fingerprint density at radius 2 is 2.00 bits per heavy atom. The molecule has 1 aromatic carbocycles. The molecule has 1 aromatic rings. The van der Waals surface area contributed by atoms with E-state index in [0.29, 0.717) is 5.92 Å². The Morgan fingerprint density at radius 3 is 2.50 bits per heavy atom. The predicted octanol–water partition coefficient (Wildman–Crippen LogP) is 2.90. The number of hydrogen-bond acceptors (Lipinski definition) is 2. The summed E-state index contributed by atoms with van der Waals surface area (Å²) in [6.45, 7) is 6.37. The van der Waals surface area contributed by atoms with E-state index in [1.807, 2.05) is 12.1 Å². The number of nitrogens with two attached hydrogens (primary N) is 1. The maximum atomic E-state index is 5.91. The molecule has 0 saturated carbocycles. The lowest BCUT2D eigenvalue weighted by molar-refractivity contribution is 0.476. The Bertz CT molecular complexity index is 359. The van der Waals surface area contributed by atoms with E-state index >= 15 is 0 Å². The van der Waals surface area contributed by atoms with E-state index in [4.69, 9.17) is 17.3 Å². The molecular formula is C13H19ClN2. The summed E-state index contributed by atoms with van der Waals surface area (Å²) < 4.78 is 0. The molecule has 2 nitrogen and oxygen atoms in total. The van der Waals surface area contributed by atoms with Crippen molar-refractivity contribution in [2.24, 2.45) is 11.7 Å². The molecule has 0 spiro atoms. The van der Waals surface area contributed by atoms with Crippen molar-refractivity contribution in [1.29, 1.82) is 0 Å². The van der Waals surface area contributed by atoms with Crippen LogP contribution in [0, 0.1) is 5.92 Å². The van der Waals surface area contributed by atoms with E-state index in [2.05, 4.69) is 30.9 Å². The smallest absolute Gasteiger partial charge is 0.0407 e. The molecular weight excluding hydrogens is 220 g/mol. The highest BCUT2D eigenvalue weighted by Crippen LogP contribution is 2.36. The van der Waals surface area contributed by atoms with Crippen molar-refractivity contribution in [2.45, 2.75) is 25.8 Å². The summed E-state index contributed by atoms with van der Waals surface area (Å²) >= 11 is 5.91. The molecule has 2 rings (SSSR count). The van der Waals surface area contributed by atoms with Crippen LogP contribution in [0.2, 0.25) is 5.02 Å². The fourth-order valence-corrected chi connectivity index (χ4v) is 2.75. The molecule has 1 heterocycles. The van der Waals surface area contributed by atoms with Gasteiger partial charge in [-0.25, -0.2) is 0 Å². The summed E-state index contributed by atoms with van der Waals surface area (Å²) in [6, 6.07) is 8.07. The molecule has 88 valence electrons. The lowest BCUT2D eigenvalue weighted by Crippen LogP contribution is -2.38. The molecule has 0 aliphatic carbocycles. The summed E-state index contributed by atoms with van der Waals surface area (Å²) in [4.78, 5) is 2.43. The topological polar surface area (TPSA) is 29.3 Å². The minimum absolute atomic E-state index is 0.192. The van der Waals surface area contributed by atoms with Gasteiger partial charge in [-0.15, -0.1) is 0 Å². The summed E-state index contributed by atoms with van der Waals surface area (Å²) in [7, 11) is 0. The summed E-state index contributed by atoms with van der Waals surface area (Å²) in [5.41, 5.74) is 7.20. The standard InChI is InChI=1S/C13H19ClN2/c1-13(2)7-10(8-15)9-16(13)12-5-3-11(14)4-6-12/h3-6,10H,7-9,15H2,1-2H3. The molecule has 1 aliphatic rings. The lowest BCUT2D eigenvalue weighted by atomic mass is 9.96. The van der Waals surface area contributed by atoms with E-state index in [-0.39, 0.29) is 5.54 Å². The average molecular weight is 239 g/mol. The van der Waals surface area contributed by atoms with Gasteiger partial charge in [0, 0.05) is 22.8 Å². The third-order valence-electron chi connectivity index (χ3n) is 3.43. The van der Waals surface area contributed by atoms with Gasteiger partial charge in [-0.1, -0.05) is 11.6 Å². The number of halogens is 1. The van der Waals surface area contributed by atoms with Crippen LogP contribution in [-0.4, -0.2) is 18.6 Å². The first-order chi connectivity index (χ1) is 7.53. The average Bonchev–Trinajstić information content (AvgIpc) is 2.55. The van der Waals surface area contributed by atoms with E-state index in [0.717, 1.165) is 24.5 Å². The van der Waals surface area contributed by atoms with Crippen LogP contribution in [0.4, 0.5) is 5.69 Å². The van der Waals surface area contributed by atoms with Gasteiger partial charge in [-0.05, 0) is 57.0 Å². The van der Waals surface area contributed by atoms with Crippen molar-refractivity contribution in [2.75, 3.05) is 18.0 Å². The number of nitrogens with zero attached hydrogens (tertiary/aromatic N) is 1. The van der Waals surface area contributed by atoms with E-state index in [1.165, 1.54) is 5.69 Å². The number of anilines is 1. The van der Waals surface area contributed by atoms with Crippen molar-refractivity contribution >= 4 is 17.3 Å². The Balaban J connectivity index is 2.23. The van der Waals surface area contributed by atoms with Crippen LogP contribution >= 0.6 is 11.6 Å². The number of benzene rings is 1. The molecule has 0 aromatic heterocycles. The van der Waals surface area contributed by atoms with Crippen LogP contribution in [0.5, 0.6) is 0 Å². The first kappa shape index (κ1) is 11.7. The molecule has 1 saturated heterocycles. The molecule has 3 heteroatoms. The quantitative estimate of drug-likeness (QED) is 0.859. The molecule has 0 bridgehead atoms. The van der Waals surface area contributed by atoms with Gasteiger partial charge >= 0.3 is 0 Å². The number of rotatable bonds is 2. The Hall–Kier alpha value is -0.730. The molecule has 0 amide bonds. The van der Waals surface area contributed by atoms with Crippen molar-refractivity contribution in [1.82, 2.24) is 0 Å². The second-order valence-electron chi connectivity index (χ2n) is 5.21. The first-order valence-electron chi connectivity index (χ1n) is 5.76. The first-order valence-corrected chi connectivity index (χ1v) is 6.14. The zero-order chi connectivity index (χ0) is 11.8. The van der Waals surface area contributed by atoms with Crippen LogP contribution in [0.3, 0.4) is 0 Å². The van der Waals surface area contributed by atoms with Gasteiger partial charge in [-0.3, -0.25) is 0 Å².